The number of anilines is 1. The van der Waals surface area contributed by atoms with Gasteiger partial charge in [-0.2, -0.15) is 0 Å². The Hall–Kier alpha value is -1.97. The van der Waals surface area contributed by atoms with Crippen LogP contribution in [0.15, 0.2) is 24.3 Å². The van der Waals surface area contributed by atoms with Crippen molar-refractivity contribution in [2.45, 2.75) is 26.2 Å². The van der Waals surface area contributed by atoms with Gasteiger partial charge in [-0.05, 0) is 43.0 Å². The van der Waals surface area contributed by atoms with E-state index in [0.717, 1.165) is 48.4 Å². The maximum atomic E-state index is 12.5. The number of amides is 1. The molecule has 1 aromatic heterocycles. The Morgan fingerprint density at radius 1 is 1.35 bits per heavy atom. The zero-order chi connectivity index (χ0) is 14.1. The first kappa shape index (κ1) is 13.0. The average molecular weight is 271 g/mol. The summed E-state index contributed by atoms with van der Waals surface area (Å²) >= 11 is 0. The van der Waals surface area contributed by atoms with E-state index in [0.29, 0.717) is 5.69 Å². The van der Waals surface area contributed by atoms with E-state index in [2.05, 4.69) is 11.9 Å². The van der Waals surface area contributed by atoms with Crippen molar-refractivity contribution in [3.8, 4) is 0 Å². The number of fused-ring (bicyclic) bond motifs is 1. The van der Waals surface area contributed by atoms with Gasteiger partial charge in [-0.25, -0.2) is 0 Å². The molecule has 1 amide bonds. The molecular formula is C16H21N3O. The van der Waals surface area contributed by atoms with Crippen molar-refractivity contribution < 1.29 is 4.79 Å². The van der Waals surface area contributed by atoms with Crippen LogP contribution in [0, 0.1) is 5.92 Å². The molecule has 1 aromatic carbocycles. The summed E-state index contributed by atoms with van der Waals surface area (Å²) in [5.74, 6) is 0.885. The number of nitrogen functional groups attached to an aromatic ring is 1. The maximum absolute atomic E-state index is 12.5. The van der Waals surface area contributed by atoms with Gasteiger partial charge in [-0.1, -0.05) is 13.3 Å². The number of nitrogens with zero attached hydrogens (tertiary/aromatic N) is 1. The van der Waals surface area contributed by atoms with Crippen LogP contribution in [-0.4, -0.2) is 28.9 Å². The van der Waals surface area contributed by atoms with E-state index in [1.807, 2.05) is 29.2 Å². The molecule has 1 saturated heterocycles. The molecule has 2 aromatic rings. The zero-order valence-corrected chi connectivity index (χ0v) is 11.9. The van der Waals surface area contributed by atoms with Gasteiger partial charge >= 0.3 is 0 Å². The molecule has 0 unspecified atom stereocenters. The van der Waals surface area contributed by atoms with Crippen LogP contribution in [0.3, 0.4) is 0 Å². The van der Waals surface area contributed by atoms with Crippen LogP contribution >= 0.6 is 0 Å². The molecule has 1 aliphatic rings. The summed E-state index contributed by atoms with van der Waals surface area (Å²) in [6.45, 7) is 3.97. The van der Waals surface area contributed by atoms with Gasteiger partial charge in [0.05, 0.1) is 0 Å². The van der Waals surface area contributed by atoms with Crippen LogP contribution in [-0.2, 0) is 0 Å². The van der Waals surface area contributed by atoms with Gasteiger partial charge in [-0.15, -0.1) is 0 Å². The Balaban J connectivity index is 1.79. The van der Waals surface area contributed by atoms with Crippen molar-refractivity contribution in [2.75, 3.05) is 18.8 Å². The minimum atomic E-state index is 0.106. The van der Waals surface area contributed by atoms with Crippen molar-refractivity contribution in [2.24, 2.45) is 5.92 Å². The number of likely N-dealkylation sites (tertiary alicyclic amines) is 1. The van der Waals surface area contributed by atoms with E-state index in [-0.39, 0.29) is 5.91 Å². The Kier molecular flexibility index (Phi) is 3.38. The summed E-state index contributed by atoms with van der Waals surface area (Å²) in [4.78, 5) is 17.7. The number of benzene rings is 1. The molecule has 3 N–H and O–H groups in total. The first-order chi connectivity index (χ1) is 9.67. The Morgan fingerprint density at radius 2 is 2.10 bits per heavy atom. The zero-order valence-electron chi connectivity index (χ0n) is 11.9. The van der Waals surface area contributed by atoms with E-state index < -0.39 is 0 Å². The number of carbonyl (C=O) groups is 1. The molecule has 0 atom stereocenters. The van der Waals surface area contributed by atoms with Gasteiger partial charge in [0, 0.05) is 29.7 Å². The molecule has 0 bridgehead atoms. The van der Waals surface area contributed by atoms with E-state index in [9.17, 15) is 4.79 Å². The molecule has 20 heavy (non-hydrogen) atoms. The number of H-pyrrole nitrogens is 1. The summed E-state index contributed by atoms with van der Waals surface area (Å²) in [6.07, 6.45) is 3.46. The third-order valence-electron chi connectivity index (χ3n) is 4.35. The maximum Gasteiger partial charge on any atom is 0.270 e. The van der Waals surface area contributed by atoms with Crippen LogP contribution in [0.4, 0.5) is 5.69 Å². The predicted molar refractivity (Wildman–Crippen MR) is 81.6 cm³/mol. The Bertz CT molecular complexity index is 624. The van der Waals surface area contributed by atoms with E-state index in [4.69, 9.17) is 5.73 Å². The lowest BCUT2D eigenvalue weighted by Gasteiger charge is -2.31. The van der Waals surface area contributed by atoms with E-state index in [1.54, 1.807) is 0 Å². The van der Waals surface area contributed by atoms with Crippen LogP contribution in [0.25, 0.3) is 10.9 Å². The van der Waals surface area contributed by atoms with Crippen molar-refractivity contribution in [1.82, 2.24) is 9.88 Å². The lowest BCUT2D eigenvalue weighted by atomic mass is 9.94. The summed E-state index contributed by atoms with van der Waals surface area (Å²) in [7, 11) is 0. The molecule has 2 heterocycles. The second kappa shape index (κ2) is 5.19. The number of aromatic nitrogens is 1. The van der Waals surface area contributed by atoms with Gasteiger partial charge in [0.2, 0.25) is 0 Å². The number of hydrogen-bond acceptors (Lipinski definition) is 2. The molecule has 3 rings (SSSR count). The highest BCUT2D eigenvalue weighted by Crippen LogP contribution is 2.23. The summed E-state index contributed by atoms with van der Waals surface area (Å²) in [5.41, 5.74) is 8.13. The topological polar surface area (TPSA) is 62.1 Å². The van der Waals surface area contributed by atoms with Gasteiger partial charge in [0.15, 0.2) is 0 Å². The number of nitrogens with one attached hydrogen (secondary N) is 1. The van der Waals surface area contributed by atoms with Gasteiger partial charge in [0.1, 0.15) is 5.69 Å². The number of carbonyl (C=O) groups excluding carboxylic acids is 1. The number of piperidine rings is 1. The first-order valence-corrected chi connectivity index (χ1v) is 7.35. The molecule has 0 saturated carbocycles. The fraction of sp³-hybridized carbons (Fsp3) is 0.438. The second-order valence-electron chi connectivity index (χ2n) is 5.67. The normalized spacial score (nSPS) is 16.8. The number of hydrogen-bond donors (Lipinski definition) is 2. The fourth-order valence-corrected chi connectivity index (χ4v) is 2.98. The largest absolute Gasteiger partial charge is 0.399 e. The van der Waals surface area contributed by atoms with Crippen LogP contribution < -0.4 is 5.73 Å². The van der Waals surface area contributed by atoms with Crippen molar-refractivity contribution in [1.29, 1.82) is 0 Å². The second-order valence-corrected chi connectivity index (χ2v) is 5.67. The molecule has 0 radical (unpaired) electrons. The number of rotatable bonds is 2. The van der Waals surface area contributed by atoms with Crippen LogP contribution in [0.2, 0.25) is 0 Å². The lowest BCUT2D eigenvalue weighted by molar-refractivity contribution is 0.0684. The van der Waals surface area contributed by atoms with Crippen LogP contribution in [0.1, 0.15) is 36.7 Å². The Morgan fingerprint density at radius 3 is 2.80 bits per heavy atom. The Labute approximate surface area is 118 Å². The van der Waals surface area contributed by atoms with Crippen molar-refractivity contribution in [3.05, 3.63) is 30.0 Å². The van der Waals surface area contributed by atoms with Crippen molar-refractivity contribution in [3.63, 3.8) is 0 Å². The van der Waals surface area contributed by atoms with Crippen LogP contribution in [0.5, 0.6) is 0 Å². The van der Waals surface area contributed by atoms with Gasteiger partial charge in [-0.3, -0.25) is 4.79 Å². The summed E-state index contributed by atoms with van der Waals surface area (Å²) < 4.78 is 0. The molecular weight excluding hydrogens is 250 g/mol. The minimum absolute atomic E-state index is 0.106. The molecule has 4 nitrogen and oxygen atoms in total. The minimum Gasteiger partial charge on any atom is -0.399 e. The monoisotopic (exact) mass is 271 g/mol. The third-order valence-corrected chi connectivity index (χ3v) is 4.35. The van der Waals surface area contributed by atoms with Crippen molar-refractivity contribution >= 4 is 22.5 Å². The fourth-order valence-electron chi connectivity index (χ4n) is 2.98. The SMILES string of the molecule is CCC1CCN(C(=O)c2cc3cc(N)ccc3[nH]2)CC1. The molecule has 1 aliphatic heterocycles. The molecule has 1 fully saturated rings. The lowest BCUT2D eigenvalue weighted by Crippen LogP contribution is -2.38. The standard InChI is InChI=1S/C16H21N3O/c1-2-11-5-7-19(8-6-11)16(20)15-10-12-9-13(17)3-4-14(12)18-15/h3-4,9-11,18H,2,5-8,17H2,1H3. The highest BCUT2D eigenvalue weighted by atomic mass is 16.2. The first-order valence-electron chi connectivity index (χ1n) is 7.35. The number of aromatic amines is 1. The quantitative estimate of drug-likeness (QED) is 0.825. The average Bonchev–Trinajstić information content (AvgIpc) is 2.89. The predicted octanol–water partition coefficient (Wildman–Crippen LogP) is 3.01. The number of nitrogens with two attached hydrogens (primary N) is 1. The van der Waals surface area contributed by atoms with Gasteiger partial charge in [0.25, 0.3) is 5.91 Å². The van der Waals surface area contributed by atoms with E-state index in [1.165, 1.54) is 6.42 Å². The van der Waals surface area contributed by atoms with Gasteiger partial charge < -0.3 is 15.6 Å². The highest BCUT2D eigenvalue weighted by molar-refractivity contribution is 5.98. The summed E-state index contributed by atoms with van der Waals surface area (Å²) in [5, 5.41) is 0.997. The molecule has 106 valence electrons. The smallest absolute Gasteiger partial charge is 0.270 e. The third kappa shape index (κ3) is 2.38. The highest BCUT2D eigenvalue weighted by Gasteiger charge is 2.23. The molecule has 0 aliphatic carbocycles. The van der Waals surface area contributed by atoms with E-state index >= 15 is 0 Å². The summed E-state index contributed by atoms with van der Waals surface area (Å²) in [6, 6.07) is 7.57. The molecule has 4 heteroatoms. The molecule has 0 spiro atoms.